The fourth-order valence-corrected chi connectivity index (χ4v) is 5.43. The largest absolute Gasteiger partial charge is 0.363 e. The molecule has 1 N–H and O–H groups in total. The van der Waals surface area contributed by atoms with E-state index < -0.39 is 0 Å². The van der Waals surface area contributed by atoms with E-state index in [2.05, 4.69) is 112 Å². The molecule has 7 aromatic rings. The zero-order valence-electron chi connectivity index (χ0n) is 20.0. The van der Waals surface area contributed by atoms with Crippen LogP contribution < -0.4 is 5.32 Å². The van der Waals surface area contributed by atoms with Gasteiger partial charge in [-0.3, -0.25) is 4.98 Å². The molecule has 0 saturated heterocycles. The number of benzene rings is 3. The van der Waals surface area contributed by atoms with E-state index in [1.165, 1.54) is 38.1 Å². The summed E-state index contributed by atoms with van der Waals surface area (Å²) in [5.74, 6) is 0.874. The van der Waals surface area contributed by atoms with Gasteiger partial charge >= 0.3 is 0 Å². The SMILES string of the molecule is Cn1c2ccccc2c2cc(CNc3nccc4c5ccccc5n(Cc5ccccc5)c34)ncc21. The molecule has 0 saturated carbocycles. The minimum absolute atomic E-state index is 0.595. The van der Waals surface area contributed by atoms with Crippen LogP contribution >= 0.6 is 0 Å². The van der Waals surface area contributed by atoms with Crippen molar-refractivity contribution in [1.82, 2.24) is 19.1 Å². The van der Waals surface area contributed by atoms with Gasteiger partial charge in [0.2, 0.25) is 0 Å². The average Bonchev–Trinajstić information content (AvgIpc) is 3.41. The van der Waals surface area contributed by atoms with E-state index in [0.717, 1.165) is 29.1 Å². The number of rotatable bonds is 5. The number of hydrogen-bond acceptors (Lipinski definition) is 3. The van der Waals surface area contributed by atoms with Gasteiger partial charge in [0.05, 0.1) is 29.5 Å². The maximum Gasteiger partial charge on any atom is 0.150 e. The Bertz CT molecular complexity index is 1880. The van der Waals surface area contributed by atoms with E-state index >= 15 is 0 Å². The van der Waals surface area contributed by atoms with Gasteiger partial charge in [-0.2, -0.15) is 0 Å². The van der Waals surface area contributed by atoms with Crippen molar-refractivity contribution in [1.29, 1.82) is 0 Å². The van der Waals surface area contributed by atoms with Crippen LogP contribution in [0.2, 0.25) is 0 Å². The molecule has 0 fully saturated rings. The van der Waals surface area contributed by atoms with Crippen molar-refractivity contribution in [2.24, 2.45) is 7.05 Å². The van der Waals surface area contributed by atoms with Crippen LogP contribution in [0, 0.1) is 0 Å². The van der Waals surface area contributed by atoms with Gasteiger partial charge in [-0.05, 0) is 29.8 Å². The number of hydrogen-bond donors (Lipinski definition) is 1. The van der Waals surface area contributed by atoms with Gasteiger partial charge in [0.15, 0.2) is 5.82 Å². The second kappa shape index (κ2) is 8.24. The Hall–Kier alpha value is -4.64. The van der Waals surface area contributed by atoms with E-state index in [-0.39, 0.29) is 0 Å². The Morgan fingerprint density at radius 3 is 2.25 bits per heavy atom. The molecule has 174 valence electrons. The van der Waals surface area contributed by atoms with Crippen molar-refractivity contribution in [2.75, 3.05) is 5.32 Å². The Balaban J connectivity index is 1.31. The second-order valence-electron chi connectivity index (χ2n) is 9.27. The first kappa shape index (κ1) is 20.7. The summed E-state index contributed by atoms with van der Waals surface area (Å²) in [6, 6.07) is 32.0. The summed E-state index contributed by atoms with van der Waals surface area (Å²) >= 11 is 0. The maximum atomic E-state index is 4.77. The lowest BCUT2D eigenvalue weighted by Crippen LogP contribution is -2.07. The molecule has 3 aromatic carbocycles. The molecule has 4 aromatic heterocycles. The number of fused-ring (bicyclic) bond motifs is 6. The Morgan fingerprint density at radius 2 is 1.42 bits per heavy atom. The third-order valence-electron chi connectivity index (χ3n) is 7.16. The molecular weight excluding hydrogens is 442 g/mol. The van der Waals surface area contributed by atoms with E-state index in [0.29, 0.717) is 6.54 Å². The van der Waals surface area contributed by atoms with Gasteiger partial charge in [0.1, 0.15) is 0 Å². The normalized spacial score (nSPS) is 11.7. The molecule has 0 spiro atoms. The summed E-state index contributed by atoms with van der Waals surface area (Å²) < 4.78 is 4.58. The van der Waals surface area contributed by atoms with Crippen molar-refractivity contribution in [3.8, 4) is 0 Å². The van der Waals surface area contributed by atoms with Crippen molar-refractivity contribution in [3.63, 3.8) is 0 Å². The topological polar surface area (TPSA) is 47.7 Å². The standard InChI is InChI=1S/C31H25N5/c1-35-27-13-7-5-12-24(27)26-17-22(33-19-29(26)35)18-34-31-30-25(15-16-32-31)23-11-6-8-14-28(23)36(30)20-21-9-3-2-4-10-21/h2-17,19H,18,20H2,1H3,(H,32,34). The Morgan fingerprint density at radius 1 is 0.694 bits per heavy atom. The summed E-state index contributed by atoms with van der Waals surface area (Å²) in [7, 11) is 2.10. The lowest BCUT2D eigenvalue weighted by Gasteiger charge is -2.12. The molecule has 0 unspecified atom stereocenters. The monoisotopic (exact) mass is 467 g/mol. The first-order valence-electron chi connectivity index (χ1n) is 12.2. The van der Waals surface area contributed by atoms with Crippen molar-refractivity contribution in [3.05, 3.63) is 115 Å². The van der Waals surface area contributed by atoms with Crippen LogP contribution in [0.4, 0.5) is 5.82 Å². The summed E-state index contributed by atoms with van der Waals surface area (Å²) in [6.07, 6.45) is 3.87. The number of aryl methyl sites for hydroxylation is 1. The first-order chi connectivity index (χ1) is 17.8. The average molecular weight is 468 g/mol. The highest BCUT2D eigenvalue weighted by atomic mass is 15.1. The van der Waals surface area contributed by atoms with Crippen LogP contribution in [-0.2, 0) is 20.1 Å². The molecule has 4 heterocycles. The van der Waals surface area contributed by atoms with Crippen molar-refractivity contribution in [2.45, 2.75) is 13.1 Å². The van der Waals surface area contributed by atoms with Gasteiger partial charge in [-0.15, -0.1) is 0 Å². The summed E-state index contributed by atoms with van der Waals surface area (Å²) in [5.41, 5.74) is 6.94. The van der Waals surface area contributed by atoms with Crippen LogP contribution in [0.3, 0.4) is 0 Å². The molecule has 7 rings (SSSR count). The maximum absolute atomic E-state index is 4.77. The van der Waals surface area contributed by atoms with Crippen LogP contribution in [0.5, 0.6) is 0 Å². The molecule has 0 aliphatic carbocycles. The first-order valence-corrected chi connectivity index (χ1v) is 12.2. The van der Waals surface area contributed by atoms with E-state index in [1.54, 1.807) is 0 Å². The van der Waals surface area contributed by atoms with Gasteiger partial charge in [-0.25, -0.2) is 4.98 Å². The lowest BCUT2D eigenvalue weighted by atomic mass is 10.1. The predicted octanol–water partition coefficient (Wildman–Crippen LogP) is 6.89. The molecule has 5 nitrogen and oxygen atoms in total. The third-order valence-corrected chi connectivity index (χ3v) is 7.16. The molecule has 5 heteroatoms. The fourth-order valence-electron chi connectivity index (χ4n) is 5.43. The molecule has 0 radical (unpaired) electrons. The summed E-state index contributed by atoms with van der Waals surface area (Å²) in [5, 5.41) is 8.53. The van der Waals surface area contributed by atoms with E-state index in [9.17, 15) is 0 Å². The van der Waals surface area contributed by atoms with Crippen LogP contribution in [0.25, 0.3) is 43.6 Å². The number of pyridine rings is 2. The minimum atomic E-state index is 0.595. The number of nitrogens with zero attached hydrogens (tertiary/aromatic N) is 4. The highest BCUT2D eigenvalue weighted by Gasteiger charge is 2.16. The van der Waals surface area contributed by atoms with Gasteiger partial charge in [0, 0.05) is 52.4 Å². The smallest absolute Gasteiger partial charge is 0.150 e. The number of anilines is 1. The van der Waals surface area contributed by atoms with Crippen molar-refractivity contribution < 1.29 is 0 Å². The predicted molar refractivity (Wildman–Crippen MR) is 148 cm³/mol. The van der Waals surface area contributed by atoms with Gasteiger partial charge in [-0.1, -0.05) is 66.7 Å². The number of nitrogens with one attached hydrogen (secondary N) is 1. The quantitative estimate of drug-likeness (QED) is 0.300. The molecule has 0 atom stereocenters. The molecule has 36 heavy (non-hydrogen) atoms. The molecule has 0 aliphatic rings. The van der Waals surface area contributed by atoms with Crippen LogP contribution in [-0.4, -0.2) is 19.1 Å². The Labute approximate surface area is 208 Å². The van der Waals surface area contributed by atoms with E-state index in [1.807, 2.05) is 12.4 Å². The summed E-state index contributed by atoms with van der Waals surface area (Å²) in [4.78, 5) is 9.55. The zero-order chi connectivity index (χ0) is 24.1. The van der Waals surface area contributed by atoms with Gasteiger partial charge < -0.3 is 14.5 Å². The van der Waals surface area contributed by atoms with Crippen LogP contribution in [0.1, 0.15) is 11.3 Å². The fraction of sp³-hybridized carbons (Fsp3) is 0.0968. The number of para-hydroxylation sites is 2. The van der Waals surface area contributed by atoms with Crippen molar-refractivity contribution >= 4 is 49.4 Å². The minimum Gasteiger partial charge on any atom is -0.363 e. The lowest BCUT2D eigenvalue weighted by molar-refractivity contribution is 0.866. The molecule has 0 amide bonds. The number of aromatic nitrogens is 4. The zero-order valence-corrected chi connectivity index (χ0v) is 20.0. The molecule has 0 aliphatic heterocycles. The van der Waals surface area contributed by atoms with Crippen LogP contribution in [0.15, 0.2) is 103 Å². The van der Waals surface area contributed by atoms with Gasteiger partial charge in [0.25, 0.3) is 0 Å². The highest BCUT2D eigenvalue weighted by Crippen LogP contribution is 2.33. The molecular formula is C31H25N5. The van der Waals surface area contributed by atoms with E-state index in [4.69, 9.17) is 9.97 Å². The molecule has 0 bridgehead atoms. The highest BCUT2D eigenvalue weighted by molar-refractivity contribution is 6.11. The Kier molecular flexibility index (Phi) is 4.74. The third kappa shape index (κ3) is 3.24. The second-order valence-corrected chi connectivity index (χ2v) is 9.27. The summed E-state index contributed by atoms with van der Waals surface area (Å²) in [6.45, 7) is 1.38.